The standard InChI is InChI=1S/C24H32N2O6/c1-14(20-3-2-4-31-20)25-21(28)13-32-22(29)19-8-18(27)12-26(19)23(30)24-9-15-5-16(10-24)7-17(6-15)11-24/h2-4,14-19,27H,5-13H2,1H3,(H,25,28)/t14?,15?,16?,17?,18?,19-,24?/m0/s1. The van der Waals surface area contributed by atoms with Crippen LogP contribution in [0.3, 0.4) is 0 Å². The summed E-state index contributed by atoms with van der Waals surface area (Å²) in [5, 5.41) is 13.0. The van der Waals surface area contributed by atoms with E-state index in [9.17, 15) is 19.5 Å². The summed E-state index contributed by atoms with van der Waals surface area (Å²) in [6, 6.07) is 2.31. The molecular formula is C24H32N2O6. The summed E-state index contributed by atoms with van der Waals surface area (Å²) in [4.78, 5) is 40.3. The van der Waals surface area contributed by atoms with Crippen LogP contribution in [0, 0.1) is 23.2 Å². The molecule has 8 heteroatoms. The first-order chi connectivity index (χ1) is 15.3. The van der Waals surface area contributed by atoms with Gasteiger partial charge >= 0.3 is 5.97 Å². The maximum atomic E-state index is 13.7. The number of nitrogens with one attached hydrogen (secondary N) is 1. The summed E-state index contributed by atoms with van der Waals surface area (Å²) >= 11 is 0. The van der Waals surface area contributed by atoms with Gasteiger partial charge in [0.15, 0.2) is 6.61 Å². The zero-order valence-corrected chi connectivity index (χ0v) is 18.5. The van der Waals surface area contributed by atoms with Crippen LogP contribution in [0.15, 0.2) is 22.8 Å². The lowest BCUT2D eigenvalue weighted by molar-refractivity contribution is -0.166. The molecule has 0 spiro atoms. The molecule has 1 saturated heterocycles. The van der Waals surface area contributed by atoms with Crippen LogP contribution in [0.4, 0.5) is 0 Å². The molecule has 2 heterocycles. The summed E-state index contributed by atoms with van der Waals surface area (Å²) < 4.78 is 10.5. The number of hydrogen-bond acceptors (Lipinski definition) is 6. The highest BCUT2D eigenvalue weighted by Gasteiger charge is 2.57. The van der Waals surface area contributed by atoms with Gasteiger partial charge in [-0.3, -0.25) is 9.59 Å². The largest absolute Gasteiger partial charge is 0.467 e. The van der Waals surface area contributed by atoms with Crippen molar-refractivity contribution in [3.8, 4) is 0 Å². The normalized spacial score (nSPS) is 36.2. The third-order valence-corrected chi connectivity index (χ3v) is 8.00. The third-order valence-electron chi connectivity index (χ3n) is 8.00. The molecule has 174 valence electrons. The van der Waals surface area contributed by atoms with Crippen LogP contribution in [-0.2, 0) is 19.1 Å². The first kappa shape index (κ1) is 21.5. The summed E-state index contributed by atoms with van der Waals surface area (Å²) in [5.74, 6) is 1.39. The van der Waals surface area contributed by atoms with Gasteiger partial charge in [0.2, 0.25) is 5.91 Å². The molecule has 5 aliphatic rings. The monoisotopic (exact) mass is 444 g/mol. The second-order valence-corrected chi connectivity index (χ2v) is 10.5. The molecule has 2 amide bonds. The molecule has 0 radical (unpaired) electrons. The Morgan fingerprint density at radius 2 is 1.84 bits per heavy atom. The predicted molar refractivity (Wildman–Crippen MR) is 113 cm³/mol. The topological polar surface area (TPSA) is 109 Å². The van der Waals surface area contributed by atoms with E-state index in [1.54, 1.807) is 24.0 Å². The molecule has 1 aliphatic heterocycles. The minimum Gasteiger partial charge on any atom is -0.467 e. The van der Waals surface area contributed by atoms with Gasteiger partial charge in [-0.2, -0.15) is 0 Å². The third kappa shape index (κ3) is 3.93. The van der Waals surface area contributed by atoms with Gasteiger partial charge in [-0.05, 0) is 75.3 Å². The number of aliphatic hydroxyl groups is 1. The second kappa shape index (κ2) is 8.21. The maximum Gasteiger partial charge on any atom is 0.329 e. The highest BCUT2D eigenvalue weighted by Crippen LogP contribution is 2.60. The van der Waals surface area contributed by atoms with Gasteiger partial charge in [-0.1, -0.05) is 0 Å². The average molecular weight is 445 g/mol. The van der Waals surface area contributed by atoms with Gasteiger partial charge in [0, 0.05) is 13.0 Å². The lowest BCUT2D eigenvalue weighted by Crippen LogP contribution is -2.56. The van der Waals surface area contributed by atoms with Crippen molar-refractivity contribution in [3.63, 3.8) is 0 Å². The minimum atomic E-state index is -0.833. The first-order valence-electron chi connectivity index (χ1n) is 11.8. The fraction of sp³-hybridized carbons (Fsp3) is 0.708. The molecule has 6 rings (SSSR count). The number of ether oxygens (including phenoxy) is 1. The van der Waals surface area contributed by atoms with E-state index in [2.05, 4.69) is 5.32 Å². The number of β-amino-alcohol motifs (C(OH)–C–C–N with tert-alkyl or cyclic N) is 1. The van der Waals surface area contributed by atoms with E-state index in [1.807, 2.05) is 0 Å². The van der Waals surface area contributed by atoms with Crippen LogP contribution in [0.1, 0.15) is 63.7 Å². The Morgan fingerprint density at radius 1 is 1.19 bits per heavy atom. The molecular weight excluding hydrogens is 412 g/mol. The second-order valence-electron chi connectivity index (χ2n) is 10.5. The number of esters is 1. The molecule has 1 aromatic rings. The van der Waals surface area contributed by atoms with E-state index in [0.29, 0.717) is 23.5 Å². The van der Waals surface area contributed by atoms with Gasteiger partial charge in [-0.15, -0.1) is 0 Å². The molecule has 4 bridgehead atoms. The smallest absolute Gasteiger partial charge is 0.329 e. The van der Waals surface area contributed by atoms with Gasteiger partial charge in [0.05, 0.1) is 23.8 Å². The van der Waals surface area contributed by atoms with Gasteiger partial charge in [0.1, 0.15) is 11.8 Å². The molecule has 4 saturated carbocycles. The Bertz CT molecular complexity index is 846. The number of rotatable bonds is 6. The van der Waals surface area contributed by atoms with Crippen molar-refractivity contribution >= 4 is 17.8 Å². The molecule has 3 atom stereocenters. The maximum absolute atomic E-state index is 13.7. The SMILES string of the molecule is CC(NC(=O)COC(=O)[C@@H]1CC(O)CN1C(=O)C12CC3CC(CC(C3)C1)C2)c1ccco1. The summed E-state index contributed by atoms with van der Waals surface area (Å²) in [6.07, 6.45) is 7.32. The fourth-order valence-electron chi connectivity index (χ4n) is 7.06. The molecule has 1 aromatic heterocycles. The lowest BCUT2D eigenvalue weighted by Gasteiger charge is -2.56. The molecule has 2 N–H and O–H groups in total. The Balaban J connectivity index is 1.20. The van der Waals surface area contributed by atoms with Crippen molar-refractivity contribution in [1.82, 2.24) is 10.2 Å². The van der Waals surface area contributed by atoms with Crippen molar-refractivity contribution in [2.45, 2.75) is 70.1 Å². The van der Waals surface area contributed by atoms with Crippen molar-refractivity contribution in [2.24, 2.45) is 23.2 Å². The molecule has 4 aliphatic carbocycles. The van der Waals surface area contributed by atoms with Crippen LogP contribution in [0.5, 0.6) is 0 Å². The van der Waals surface area contributed by atoms with Crippen molar-refractivity contribution in [1.29, 1.82) is 0 Å². The number of aliphatic hydroxyl groups excluding tert-OH is 1. The highest BCUT2D eigenvalue weighted by atomic mass is 16.5. The number of nitrogens with zero attached hydrogens (tertiary/aromatic N) is 1. The van der Waals surface area contributed by atoms with Crippen LogP contribution in [-0.4, -0.2) is 53.1 Å². The van der Waals surface area contributed by atoms with E-state index in [4.69, 9.17) is 9.15 Å². The number of amides is 2. The van der Waals surface area contributed by atoms with Gasteiger partial charge in [0.25, 0.3) is 5.91 Å². The number of carbonyl (C=O) groups excluding carboxylic acids is 3. The minimum absolute atomic E-state index is 0.00555. The number of hydrogen-bond donors (Lipinski definition) is 2. The molecule has 2 unspecified atom stereocenters. The molecule has 0 aromatic carbocycles. The predicted octanol–water partition coefficient (Wildman–Crippen LogP) is 2.18. The first-order valence-corrected chi connectivity index (χ1v) is 11.8. The van der Waals surface area contributed by atoms with E-state index in [1.165, 1.54) is 25.5 Å². The molecule has 8 nitrogen and oxygen atoms in total. The molecule has 32 heavy (non-hydrogen) atoms. The molecule has 5 fully saturated rings. The Hall–Kier alpha value is -2.35. The summed E-state index contributed by atoms with van der Waals surface area (Å²) in [6.45, 7) is 1.50. The van der Waals surface area contributed by atoms with Gasteiger partial charge < -0.3 is 24.5 Å². The number of carbonyl (C=O) groups is 3. The quantitative estimate of drug-likeness (QED) is 0.651. The van der Waals surface area contributed by atoms with Crippen molar-refractivity contribution in [3.05, 3.63) is 24.2 Å². The van der Waals surface area contributed by atoms with E-state index >= 15 is 0 Å². The van der Waals surface area contributed by atoms with E-state index in [0.717, 1.165) is 19.3 Å². The Kier molecular flexibility index (Phi) is 5.51. The number of furan rings is 1. The van der Waals surface area contributed by atoms with Crippen LogP contribution in [0.25, 0.3) is 0 Å². The van der Waals surface area contributed by atoms with Crippen molar-refractivity contribution < 1.29 is 28.6 Å². The summed E-state index contributed by atoms with van der Waals surface area (Å²) in [7, 11) is 0. The highest BCUT2D eigenvalue weighted by molar-refractivity contribution is 5.90. The number of likely N-dealkylation sites (tertiary alicyclic amines) is 1. The average Bonchev–Trinajstić information content (AvgIpc) is 3.40. The lowest BCUT2D eigenvalue weighted by atomic mass is 9.49. The van der Waals surface area contributed by atoms with E-state index in [-0.39, 0.29) is 30.3 Å². The zero-order valence-electron chi connectivity index (χ0n) is 18.5. The van der Waals surface area contributed by atoms with E-state index < -0.39 is 30.6 Å². The van der Waals surface area contributed by atoms with Crippen molar-refractivity contribution in [2.75, 3.05) is 13.2 Å². The van der Waals surface area contributed by atoms with Gasteiger partial charge in [-0.25, -0.2) is 4.79 Å². The summed E-state index contributed by atoms with van der Waals surface area (Å²) in [5.41, 5.74) is -0.382. The Labute approximate surface area is 187 Å². The van der Waals surface area contributed by atoms with Crippen LogP contribution in [0.2, 0.25) is 0 Å². The fourth-order valence-corrected chi connectivity index (χ4v) is 7.06. The van der Waals surface area contributed by atoms with Crippen LogP contribution >= 0.6 is 0 Å². The Morgan fingerprint density at radius 3 is 2.44 bits per heavy atom. The van der Waals surface area contributed by atoms with Crippen LogP contribution < -0.4 is 5.32 Å². The zero-order chi connectivity index (χ0) is 22.5.